The van der Waals surface area contributed by atoms with Gasteiger partial charge in [-0.05, 0) is 19.9 Å². The summed E-state index contributed by atoms with van der Waals surface area (Å²) in [5.41, 5.74) is 7.72. The van der Waals surface area contributed by atoms with E-state index in [9.17, 15) is 14.7 Å². The third-order valence-corrected chi connectivity index (χ3v) is 5.74. The van der Waals surface area contributed by atoms with E-state index in [0.29, 0.717) is 49.7 Å². The summed E-state index contributed by atoms with van der Waals surface area (Å²) in [6.07, 6.45) is 4.39. The van der Waals surface area contributed by atoms with E-state index in [-0.39, 0.29) is 23.8 Å². The van der Waals surface area contributed by atoms with Gasteiger partial charge in [-0.3, -0.25) is 9.59 Å². The zero-order chi connectivity index (χ0) is 23.6. The molecule has 10 nitrogen and oxygen atoms in total. The Morgan fingerprint density at radius 1 is 1.27 bits per heavy atom. The number of aliphatic hydroxyl groups excluding tert-OH is 1. The molecular weight excluding hydrogens is 426 g/mol. The van der Waals surface area contributed by atoms with Crippen LogP contribution in [0.25, 0.3) is 5.57 Å². The third-order valence-electron chi connectivity index (χ3n) is 5.74. The van der Waals surface area contributed by atoms with Crippen molar-refractivity contribution < 1.29 is 24.2 Å². The van der Waals surface area contributed by atoms with Crippen molar-refractivity contribution in [1.82, 2.24) is 9.97 Å². The molecule has 0 unspecified atom stereocenters. The number of aromatic nitrogens is 2. The van der Waals surface area contributed by atoms with Crippen LogP contribution in [0.4, 0.5) is 11.4 Å². The van der Waals surface area contributed by atoms with Crippen LogP contribution in [-0.4, -0.2) is 65.3 Å². The van der Waals surface area contributed by atoms with Gasteiger partial charge < -0.3 is 30.5 Å². The minimum absolute atomic E-state index is 0.0787. The van der Waals surface area contributed by atoms with Crippen molar-refractivity contribution in [2.24, 2.45) is 5.73 Å². The lowest BCUT2D eigenvalue weighted by molar-refractivity contribution is -0.111. The molecule has 0 aliphatic carbocycles. The molecule has 0 radical (unpaired) electrons. The van der Waals surface area contributed by atoms with Crippen LogP contribution in [0, 0.1) is 0 Å². The fourth-order valence-corrected chi connectivity index (χ4v) is 3.90. The molecule has 10 heteroatoms. The van der Waals surface area contributed by atoms with Gasteiger partial charge in [0.05, 0.1) is 42.3 Å². The van der Waals surface area contributed by atoms with Crippen molar-refractivity contribution in [3.8, 4) is 5.75 Å². The normalized spacial score (nSPS) is 20.2. The van der Waals surface area contributed by atoms with Crippen molar-refractivity contribution >= 4 is 28.6 Å². The zero-order valence-electron chi connectivity index (χ0n) is 18.6. The molecule has 1 amide bonds. The number of ketones is 1. The average Bonchev–Trinajstić information content (AvgIpc) is 3.15. The number of Topliss-reactive ketones (excluding diaryl/α,β-unsaturated/α-hetero) is 1. The van der Waals surface area contributed by atoms with Crippen LogP contribution in [0.1, 0.15) is 35.6 Å². The smallest absolute Gasteiger partial charge is 0.261 e. The average molecular weight is 453 g/mol. The number of carbonyl (C=O) groups is 2. The van der Waals surface area contributed by atoms with Crippen molar-refractivity contribution in [2.45, 2.75) is 25.9 Å². The molecule has 1 saturated heterocycles. The van der Waals surface area contributed by atoms with Gasteiger partial charge in [0.15, 0.2) is 11.6 Å². The number of nitrogens with two attached hydrogens (primary N) is 1. The van der Waals surface area contributed by atoms with Crippen molar-refractivity contribution in [3.05, 3.63) is 47.7 Å². The Hall–Kier alpha value is -3.50. The minimum atomic E-state index is -0.706. The second-order valence-corrected chi connectivity index (χ2v) is 8.35. The standard InChI is InChI=1S/C23H27N5O5/c1-14(30)16-11-25-21(26-12-16)17(10-24)22(31)27-18-7-15-9-23(2,13-29)33-20(15)8-19(18)28-3-5-32-6-4-28/h7-8,10-12,29H,3-6,9,13,24H2,1-2H3,(H,27,31)/b17-10+/t23-/m1/s1. The zero-order valence-corrected chi connectivity index (χ0v) is 18.6. The number of fused-ring (bicyclic) bond motifs is 1. The maximum Gasteiger partial charge on any atom is 0.261 e. The molecule has 0 spiro atoms. The molecule has 1 fully saturated rings. The summed E-state index contributed by atoms with van der Waals surface area (Å²) in [5, 5.41) is 12.7. The molecule has 2 aliphatic heterocycles. The van der Waals surface area contributed by atoms with Crippen molar-refractivity contribution in [1.29, 1.82) is 0 Å². The Labute approximate surface area is 191 Å². The van der Waals surface area contributed by atoms with Crippen LogP contribution in [0.5, 0.6) is 5.75 Å². The summed E-state index contributed by atoms with van der Waals surface area (Å²) in [7, 11) is 0. The molecule has 3 heterocycles. The summed E-state index contributed by atoms with van der Waals surface area (Å²) >= 11 is 0. The van der Waals surface area contributed by atoms with Gasteiger partial charge in [-0.1, -0.05) is 0 Å². The monoisotopic (exact) mass is 453 g/mol. The van der Waals surface area contributed by atoms with Crippen molar-refractivity contribution in [3.63, 3.8) is 0 Å². The highest BCUT2D eigenvalue weighted by Crippen LogP contribution is 2.42. The second-order valence-electron chi connectivity index (χ2n) is 8.35. The second kappa shape index (κ2) is 9.16. The van der Waals surface area contributed by atoms with Gasteiger partial charge in [0, 0.05) is 49.7 Å². The van der Waals surface area contributed by atoms with Gasteiger partial charge in [0.2, 0.25) is 0 Å². The molecule has 1 aromatic heterocycles. The SMILES string of the molecule is CC(=O)c1cnc(/C(=C\N)C(=O)Nc2cc3c(cc2N2CCOCC2)O[C@@](C)(CO)C3)nc1. The molecular formula is C23H27N5O5. The number of anilines is 2. The summed E-state index contributed by atoms with van der Waals surface area (Å²) in [5.74, 6) is 0.148. The van der Waals surface area contributed by atoms with Gasteiger partial charge in [0.25, 0.3) is 5.91 Å². The molecule has 1 atom stereocenters. The largest absolute Gasteiger partial charge is 0.484 e. The Bertz CT molecular complexity index is 1100. The first-order valence-electron chi connectivity index (χ1n) is 10.7. The Kier molecular flexibility index (Phi) is 6.30. The van der Waals surface area contributed by atoms with E-state index in [0.717, 1.165) is 17.5 Å². The van der Waals surface area contributed by atoms with Crippen LogP contribution in [-0.2, 0) is 16.0 Å². The lowest BCUT2D eigenvalue weighted by atomic mass is 9.99. The minimum Gasteiger partial charge on any atom is -0.484 e. The van der Waals surface area contributed by atoms with Crippen LogP contribution in [0.2, 0.25) is 0 Å². The molecule has 4 N–H and O–H groups in total. The van der Waals surface area contributed by atoms with Crippen LogP contribution in [0.3, 0.4) is 0 Å². The van der Waals surface area contributed by atoms with Gasteiger partial charge in [0.1, 0.15) is 11.4 Å². The summed E-state index contributed by atoms with van der Waals surface area (Å²) in [4.78, 5) is 35.0. The van der Waals surface area contributed by atoms with Gasteiger partial charge in [-0.25, -0.2) is 9.97 Å². The summed E-state index contributed by atoms with van der Waals surface area (Å²) in [6, 6.07) is 3.76. The Balaban J connectivity index is 1.65. The van der Waals surface area contributed by atoms with Gasteiger partial charge in [-0.2, -0.15) is 0 Å². The van der Waals surface area contributed by atoms with E-state index >= 15 is 0 Å². The number of ether oxygens (including phenoxy) is 2. The highest BCUT2D eigenvalue weighted by atomic mass is 16.5. The van der Waals surface area contributed by atoms with Gasteiger partial charge in [-0.15, -0.1) is 0 Å². The summed E-state index contributed by atoms with van der Waals surface area (Å²) in [6.45, 7) is 5.61. The van der Waals surface area contributed by atoms with Crippen LogP contribution < -0.4 is 20.7 Å². The highest BCUT2D eigenvalue weighted by molar-refractivity contribution is 6.24. The first-order valence-corrected chi connectivity index (χ1v) is 10.7. The Morgan fingerprint density at radius 3 is 2.58 bits per heavy atom. The first kappa shape index (κ1) is 22.7. The lowest BCUT2D eigenvalue weighted by Crippen LogP contribution is -2.37. The number of hydrogen-bond acceptors (Lipinski definition) is 9. The summed E-state index contributed by atoms with van der Waals surface area (Å²) < 4.78 is 11.5. The van der Waals surface area contributed by atoms with E-state index in [4.69, 9.17) is 15.2 Å². The van der Waals surface area contributed by atoms with E-state index in [1.54, 1.807) is 0 Å². The topological polar surface area (TPSA) is 140 Å². The number of carbonyl (C=O) groups excluding carboxylic acids is 2. The molecule has 174 valence electrons. The molecule has 2 aromatic rings. The van der Waals surface area contributed by atoms with E-state index in [1.165, 1.54) is 19.3 Å². The first-order chi connectivity index (χ1) is 15.8. The number of morpholine rings is 1. The molecule has 4 rings (SSSR count). The molecule has 1 aromatic carbocycles. The quantitative estimate of drug-likeness (QED) is 0.434. The number of nitrogens with one attached hydrogen (secondary N) is 1. The lowest BCUT2D eigenvalue weighted by Gasteiger charge is -2.31. The number of benzene rings is 1. The maximum atomic E-state index is 13.2. The predicted octanol–water partition coefficient (Wildman–Crippen LogP) is 1.14. The third kappa shape index (κ3) is 4.67. The Morgan fingerprint density at radius 2 is 1.97 bits per heavy atom. The number of hydrogen-bond donors (Lipinski definition) is 3. The fraction of sp³-hybridized carbons (Fsp3) is 0.391. The van der Waals surface area contributed by atoms with Gasteiger partial charge >= 0.3 is 0 Å². The molecule has 33 heavy (non-hydrogen) atoms. The molecule has 0 saturated carbocycles. The van der Waals surface area contributed by atoms with E-state index < -0.39 is 11.5 Å². The van der Waals surface area contributed by atoms with Crippen LogP contribution >= 0.6 is 0 Å². The van der Waals surface area contributed by atoms with E-state index in [2.05, 4.69) is 20.2 Å². The number of amides is 1. The number of rotatable bonds is 6. The number of aliphatic hydroxyl groups is 1. The van der Waals surface area contributed by atoms with E-state index in [1.807, 2.05) is 19.1 Å². The molecule has 0 bridgehead atoms. The number of nitrogens with zero attached hydrogens (tertiary/aromatic N) is 3. The van der Waals surface area contributed by atoms with Crippen LogP contribution in [0.15, 0.2) is 30.7 Å². The predicted molar refractivity (Wildman–Crippen MR) is 122 cm³/mol. The maximum absolute atomic E-state index is 13.2. The fourth-order valence-electron chi connectivity index (χ4n) is 3.90. The highest BCUT2D eigenvalue weighted by Gasteiger charge is 2.36. The van der Waals surface area contributed by atoms with Crippen molar-refractivity contribution in [2.75, 3.05) is 43.1 Å². The molecule has 2 aliphatic rings.